The van der Waals surface area contributed by atoms with Gasteiger partial charge in [0.25, 0.3) is 3.61 Å². The largest absolute Gasteiger partial charge is 0.491 e. The fourth-order valence-corrected chi connectivity index (χ4v) is 2.13. The van der Waals surface area contributed by atoms with Crippen LogP contribution in [-0.2, 0) is 19.1 Å². The summed E-state index contributed by atoms with van der Waals surface area (Å²) in [6.45, 7) is 0. The standard InChI is InChI=1S/C10F11IO4/c11-1-2(12)4(14)8(22,26-6(24)10(19,20)21)7(15,3(1)13)25-5(23)9(16,17)18. The molecule has 1 aliphatic carbocycles. The number of rotatable bonds is 2. The lowest BCUT2D eigenvalue weighted by atomic mass is 10.0. The summed E-state index contributed by atoms with van der Waals surface area (Å²) in [5, 5.41) is 0. The fourth-order valence-electron chi connectivity index (χ4n) is 1.35. The molecular formula is C10F11IO4. The van der Waals surface area contributed by atoms with Crippen molar-refractivity contribution < 1.29 is 67.4 Å². The molecule has 0 saturated heterocycles. The van der Waals surface area contributed by atoms with Crippen LogP contribution in [0.1, 0.15) is 0 Å². The van der Waals surface area contributed by atoms with Crippen LogP contribution >= 0.6 is 22.6 Å². The SMILES string of the molecule is O=C(OC1(F)C(F)=C(F)C(F)=C(F)C1(I)OC(=O)C(F)(F)F)C(F)(F)F. The molecule has 2 unspecified atom stereocenters. The molecule has 26 heavy (non-hydrogen) atoms. The van der Waals surface area contributed by atoms with Crippen LogP contribution in [0.4, 0.5) is 48.3 Å². The van der Waals surface area contributed by atoms with Crippen molar-refractivity contribution in [2.75, 3.05) is 0 Å². The van der Waals surface area contributed by atoms with Crippen LogP contribution in [0.2, 0.25) is 0 Å². The van der Waals surface area contributed by atoms with Crippen LogP contribution in [0.5, 0.6) is 0 Å². The second kappa shape index (κ2) is 6.52. The van der Waals surface area contributed by atoms with Crippen LogP contribution in [0, 0.1) is 0 Å². The zero-order valence-corrected chi connectivity index (χ0v) is 13.3. The Morgan fingerprint density at radius 3 is 1.50 bits per heavy atom. The molecule has 0 N–H and O–H groups in total. The summed E-state index contributed by atoms with van der Waals surface area (Å²) in [5.74, 6) is -25.5. The van der Waals surface area contributed by atoms with E-state index in [0.717, 1.165) is 0 Å². The number of esters is 2. The molecule has 0 aromatic carbocycles. The van der Waals surface area contributed by atoms with Crippen LogP contribution in [0.25, 0.3) is 0 Å². The topological polar surface area (TPSA) is 52.6 Å². The van der Waals surface area contributed by atoms with Gasteiger partial charge in [-0.05, 0) is 22.6 Å². The summed E-state index contributed by atoms with van der Waals surface area (Å²) in [7, 11) is 0. The number of ether oxygens (including phenoxy) is 2. The third kappa shape index (κ3) is 3.59. The molecule has 0 aromatic heterocycles. The Morgan fingerprint density at radius 1 is 0.769 bits per heavy atom. The number of hydrogen-bond donors (Lipinski definition) is 0. The van der Waals surface area contributed by atoms with E-state index in [0.29, 0.717) is 0 Å². The Bertz CT molecular complexity index is 649. The Morgan fingerprint density at radius 2 is 1.12 bits per heavy atom. The second-order valence-corrected chi connectivity index (χ2v) is 5.74. The highest BCUT2D eigenvalue weighted by Crippen LogP contribution is 2.56. The fraction of sp³-hybridized carbons (Fsp3) is 0.400. The van der Waals surface area contributed by atoms with Crippen molar-refractivity contribution in [1.82, 2.24) is 0 Å². The monoisotopic (exact) mass is 520 g/mol. The van der Waals surface area contributed by atoms with Gasteiger partial charge >= 0.3 is 30.1 Å². The quantitative estimate of drug-likeness (QED) is 0.236. The third-order valence-electron chi connectivity index (χ3n) is 2.49. The molecule has 16 heteroatoms. The number of carbonyl (C=O) groups is 2. The molecule has 0 aromatic rings. The van der Waals surface area contributed by atoms with Crippen molar-refractivity contribution in [2.45, 2.75) is 21.8 Å². The molecule has 1 aliphatic rings. The first-order valence-electron chi connectivity index (χ1n) is 5.49. The van der Waals surface area contributed by atoms with E-state index < -0.39 is 57.1 Å². The van der Waals surface area contributed by atoms with Gasteiger partial charge < -0.3 is 9.47 Å². The smallest absolute Gasteiger partial charge is 0.426 e. The lowest BCUT2D eigenvalue weighted by Crippen LogP contribution is -2.57. The minimum absolute atomic E-state index is 0.124. The van der Waals surface area contributed by atoms with Crippen molar-refractivity contribution in [3.05, 3.63) is 23.3 Å². The second-order valence-electron chi connectivity index (χ2n) is 4.22. The zero-order chi connectivity index (χ0) is 20.9. The molecule has 0 saturated carbocycles. The summed E-state index contributed by atoms with van der Waals surface area (Å²) >= 11 is -0.124. The average Bonchev–Trinajstić information content (AvgIpc) is 2.48. The average molecular weight is 520 g/mol. The molecule has 2 atom stereocenters. The molecule has 0 fully saturated rings. The van der Waals surface area contributed by atoms with Crippen LogP contribution in [0.3, 0.4) is 0 Å². The molecule has 4 nitrogen and oxygen atoms in total. The summed E-state index contributed by atoms with van der Waals surface area (Å²) < 4.78 is 143. The highest BCUT2D eigenvalue weighted by molar-refractivity contribution is 14.1. The summed E-state index contributed by atoms with van der Waals surface area (Å²) in [5.41, 5.74) is 0. The van der Waals surface area contributed by atoms with E-state index in [4.69, 9.17) is 0 Å². The van der Waals surface area contributed by atoms with Gasteiger partial charge in [0.05, 0.1) is 0 Å². The van der Waals surface area contributed by atoms with Crippen molar-refractivity contribution in [3.8, 4) is 0 Å². The predicted molar refractivity (Wildman–Crippen MR) is 63.4 cm³/mol. The van der Waals surface area contributed by atoms with Crippen molar-refractivity contribution in [3.63, 3.8) is 0 Å². The van der Waals surface area contributed by atoms with Crippen molar-refractivity contribution in [1.29, 1.82) is 0 Å². The normalized spacial score (nSPS) is 27.5. The molecule has 0 aliphatic heterocycles. The van der Waals surface area contributed by atoms with Gasteiger partial charge in [0, 0.05) is 0 Å². The molecule has 0 amide bonds. The summed E-state index contributed by atoms with van der Waals surface area (Å²) in [6, 6.07) is 0. The van der Waals surface area contributed by atoms with Gasteiger partial charge in [-0.25, -0.2) is 27.2 Å². The van der Waals surface area contributed by atoms with E-state index in [2.05, 4.69) is 9.47 Å². The van der Waals surface area contributed by atoms with E-state index in [9.17, 15) is 57.9 Å². The number of allylic oxidation sites excluding steroid dienone is 2. The maximum atomic E-state index is 14.5. The number of carbonyl (C=O) groups excluding carboxylic acids is 2. The number of hydrogen-bond acceptors (Lipinski definition) is 4. The maximum Gasteiger partial charge on any atom is 0.491 e. The molecule has 0 spiro atoms. The molecule has 1 rings (SSSR count). The lowest BCUT2D eigenvalue weighted by Gasteiger charge is -2.39. The summed E-state index contributed by atoms with van der Waals surface area (Å²) in [4.78, 5) is 21.4. The lowest BCUT2D eigenvalue weighted by molar-refractivity contribution is -0.256. The van der Waals surface area contributed by atoms with Gasteiger partial charge in [-0.3, -0.25) is 0 Å². The number of alkyl halides is 8. The Hall–Kier alpha value is -1.62. The minimum atomic E-state index is -6.13. The van der Waals surface area contributed by atoms with E-state index >= 15 is 0 Å². The van der Waals surface area contributed by atoms with Crippen molar-refractivity contribution in [2.24, 2.45) is 0 Å². The highest BCUT2D eigenvalue weighted by atomic mass is 127. The number of halogens is 12. The molecular weight excluding hydrogens is 520 g/mol. The van der Waals surface area contributed by atoms with E-state index in [1.54, 1.807) is 0 Å². The first-order valence-corrected chi connectivity index (χ1v) is 6.57. The van der Waals surface area contributed by atoms with E-state index in [-0.39, 0.29) is 22.6 Å². The molecule has 148 valence electrons. The molecule has 0 heterocycles. The van der Waals surface area contributed by atoms with Crippen LogP contribution < -0.4 is 0 Å². The summed E-state index contributed by atoms with van der Waals surface area (Å²) in [6.07, 6.45) is -12.2. The van der Waals surface area contributed by atoms with Crippen molar-refractivity contribution >= 4 is 34.5 Å². The van der Waals surface area contributed by atoms with E-state index in [1.807, 2.05) is 0 Å². The predicted octanol–water partition coefficient (Wildman–Crippen LogP) is 4.31. The van der Waals surface area contributed by atoms with Gasteiger partial charge in [0.15, 0.2) is 5.83 Å². The Kier molecular flexibility index (Phi) is 5.62. The Labute approximate surface area is 147 Å². The van der Waals surface area contributed by atoms with Gasteiger partial charge in [0.2, 0.25) is 17.5 Å². The van der Waals surface area contributed by atoms with Gasteiger partial charge in [0.1, 0.15) is 0 Å². The van der Waals surface area contributed by atoms with Crippen LogP contribution in [0.15, 0.2) is 23.3 Å². The minimum Gasteiger partial charge on any atom is -0.426 e. The zero-order valence-electron chi connectivity index (χ0n) is 11.2. The first kappa shape index (κ1) is 22.4. The Balaban J connectivity index is 3.60. The van der Waals surface area contributed by atoms with E-state index in [1.165, 1.54) is 0 Å². The van der Waals surface area contributed by atoms with Crippen LogP contribution in [-0.4, -0.2) is 33.8 Å². The van der Waals surface area contributed by atoms with Gasteiger partial charge in [-0.1, -0.05) is 0 Å². The molecule has 0 bridgehead atoms. The maximum absolute atomic E-state index is 14.5. The van der Waals surface area contributed by atoms with Gasteiger partial charge in [-0.2, -0.15) is 30.7 Å². The highest BCUT2D eigenvalue weighted by Gasteiger charge is 2.71. The molecule has 0 radical (unpaired) electrons. The first-order chi connectivity index (χ1) is 11.4. The third-order valence-corrected chi connectivity index (χ3v) is 3.87. The van der Waals surface area contributed by atoms with Gasteiger partial charge in [-0.15, -0.1) is 0 Å².